The smallest absolute Gasteiger partial charge is 0.326 e. The summed E-state index contributed by atoms with van der Waals surface area (Å²) in [6.07, 6.45) is -4.08. The maximum Gasteiger partial charge on any atom is 0.326 e. The van der Waals surface area contributed by atoms with Crippen LogP contribution in [0.5, 0.6) is 0 Å². The highest BCUT2D eigenvalue weighted by atomic mass is 32.1. The molecule has 0 fully saturated rings. The minimum atomic E-state index is -1.95. The number of thiol groups is 1. The topological polar surface area (TPSA) is 463 Å². The Labute approximate surface area is 431 Å². The van der Waals surface area contributed by atoms with Crippen LogP contribution in [0.4, 0.5) is 0 Å². The molecule has 0 spiro atoms. The van der Waals surface area contributed by atoms with Crippen molar-refractivity contribution in [1.82, 2.24) is 47.9 Å². The van der Waals surface area contributed by atoms with Gasteiger partial charge in [-0.2, -0.15) is 12.6 Å². The van der Waals surface area contributed by atoms with Crippen LogP contribution in [0.15, 0.2) is 30.3 Å². The second-order valence-corrected chi connectivity index (χ2v) is 18.0. The third kappa shape index (κ3) is 23.0. The highest BCUT2D eigenvalue weighted by Gasteiger charge is 2.36. The van der Waals surface area contributed by atoms with Crippen molar-refractivity contribution < 1.29 is 82.8 Å². The van der Waals surface area contributed by atoms with Gasteiger partial charge in [0, 0.05) is 18.6 Å². The second kappa shape index (κ2) is 31.9. The Morgan fingerprint density at radius 3 is 1.57 bits per heavy atom. The first-order valence-electron chi connectivity index (χ1n) is 23.3. The second-order valence-electron chi connectivity index (χ2n) is 17.6. The van der Waals surface area contributed by atoms with Gasteiger partial charge in [-0.3, -0.25) is 57.5 Å². The van der Waals surface area contributed by atoms with Crippen LogP contribution in [0.3, 0.4) is 0 Å². The van der Waals surface area contributed by atoms with Gasteiger partial charge in [-0.25, -0.2) is 4.79 Å². The van der Waals surface area contributed by atoms with Gasteiger partial charge in [0.1, 0.15) is 48.3 Å². The molecule has 412 valence electrons. The number of benzene rings is 1. The van der Waals surface area contributed by atoms with E-state index in [2.05, 4.69) is 60.5 Å². The van der Waals surface area contributed by atoms with Crippen LogP contribution in [0.1, 0.15) is 79.2 Å². The van der Waals surface area contributed by atoms with Gasteiger partial charge in [-0.1, -0.05) is 64.4 Å². The molecule has 1 rings (SSSR count). The number of carboxylic acids is 3. The number of nitrogens with one attached hydrogen (secondary N) is 9. The Morgan fingerprint density at radius 1 is 0.581 bits per heavy atom. The largest absolute Gasteiger partial charge is 0.481 e. The zero-order chi connectivity index (χ0) is 56.6. The fraction of sp³-hybridized carbons (Fsp3) is 0.578. The first-order chi connectivity index (χ1) is 34.5. The summed E-state index contributed by atoms with van der Waals surface area (Å²) in [6, 6.07) is -5.80. The quantitative estimate of drug-likeness (QED) is 0.0293. The molecule has 29 heteroatoms. The molecule has 17 N–H and O–H groups in total. The molecule has 0 radical (unpaired) electrons. The molecule has 0 aliphatic carbocycles. The van der Waals surface area contributed by atoms with Crippen molar-refractivity contribution in [2.75, 3.05) is 12.3 Å². The number of aliphatic hydroxyl groups excluding tert-OH is 1. The van der Waals surface area contributed by atoms with Crippen LogP contribution >= 0.6 is 12.6 Å². The lowest BCUT2D eigenvalue weighted by molar-refractivity contribution is -0.143. The number of carbonyl (C=O) groups is 13. The summed E-state index contributed by atoms with van der Waals surface area (Å²) in [7, 11) is 0. The van der Waals surface area contributed by atoms with E-state index in [-0.39, 0.29) is 25.0 Å². The number of aliphatic hydroxyl groups is 1. The molecule has 1 aromatic rings. The SMILES string of the molecule is CC[C@H](C)[C@H](NC(=O)[C@@H](N)CCC(N)=O)C(=O)N[C@@H](Cc1ccccc1)C(=O)N[C@@H](CC(=O)O)C(=O)NCC(=O)N[C@H](C(=O)N[C@@H](CC(=O)O)C(=O)N[C@@H](C)C(=O)N[C@@H](CS)C(=O)N[C@H](C(=O)O)C(C)C)[C@@H](C)O. The molecule has 0 aliphatic rings. The van der Waals surface area contributed by atoms with Crippen LogP contribution in [0.2, 0.25) is 0 Å². The third-order valence-corrected chi connectivity index (χ3v) is 11.4. The van der Waals surface area contributed by atoms with E-state index in [0.29, 0.717) is 12.0 Å². The molecule has 0 aliphatic heterocycles. The Hall–Kier alpha value is -7.40. The summed E-state index contributed by atoms with van der Waals surface area (Å²) in [6.45, 7) is 7.57. The normalized spacial score (nSPS) is 15.4. The van der Waals surface area contributed by atoms with Gasteiger partial charge in [0.15, 0.2) is 0 Å². The van der Waals surface area contributed by atoms with Gasteiger partial charge in [-0.15, -0.1) is 0 Å². The van der Waals surface area contributed by atoms with Gasteiger partial charge >= 0.3 is 17.9 Å². The van der Waals surface area contributed by atoms with E-state index in [1.165, 1.54) is 13.8 Å². The summed E-state index contributed by atoms with van der Waals surface area (Å²) in [4.78, 5) is 166. The molecule has 0 aromatic heterocycles. The highest BCUT2D eigenvalue weighted by Crippen LogP contribution is 2.12. The number of carboxylic acid groups (broad SMARTS) is 3. The van der Waals surface area contributed by atoms with E-state index < -0.39 is 169 Å². The summed E-state index contributed by atoms with van der Waals surface area (Å²) in [5, 5.41) is 59.3. The van der Waals surface area contributed by atoms with Crippen molar-refractivity contribution >= 4 is 89.6 Å². The molecule has 0 saturated heterocycles. The molecule has 0 bridgehead atoms. The number of hydrogen-bond donors (Lipinski definition) is 16. The molecular weight excluding hydrogens is 999 g/mol. The fourth-order valence-corrected chi connectivity index (χ4v) is 6.83. The van der Waals surface area contributed by atoms with E-state index in [4.69, 9.17) is 11.5 Å². The van der Waals surface area contributed by atoms with Crippen LogP contribution in [0.25, 0.3) is 0 Å². The zero-order valence-corrected chi connectivity index (χ0v) is 42.6. The molecule has 1 aromatic carbocycles. The van der Waals surface area contributed by atoms with E-state index in [0.717, 1.165) is 13.8 Å². The monoisotopic (exact) mass is 1070 g/mol. The lowest BCUT2D eigenvalue weighted by atomic mass is 9.96. The first-order valence-corrected chi connectivity index (χ1v) is 23.9. The van der Waals surface area contributed by atoms with Crippen LogP contribution in [-0.2, 0) is 68.7 Å². The zero-order valence-electron chi connectivity index (χ0n) is 41.7. The maximum absolute atomic E-state index is 13.9. The first kappa shape index (κ1) is 64.6. The van der Waals surface area contributed by atoms with Gasteiger partial charge in [0.05, 0.1) is 31.5 Å². The minimum absolute atomic E-state index is 0.121. The summed E-state index contributed by atoms with van der Waals surface area (Å²) in [5.41, 5.74) is 11.6. The number of amides is 10. The molecule has 10 amide bonds. The molecule has 0 unspecified atom stereocenters. The van der Waals surface area contributed by atoms with Crippen molar-refractivity contribution in [1.29, 1.82) is 0 Å². The van der Waals surface area contributed by atoms with Gasteiger partial charge in [-0.05, 0) is 37.7 Å². The van der Waals surface area contributed by atoms with E-state index >= 15 is 0 Å². The van der Waals surface area contributed by atoms with Crippen LogP contribution in [-0.4, -0.2) is 170 Å². The van der Waals surface area contributed by atoms with Gasteiger partial charge in [0.2, 0.25) is 59.1 Å². The van der Waals surface area contributed by atoms with Crippen molar-refractivity contribution in [3.05, 3.63) is 35.9 Å². The Kier molecular flexibility index (Phi) is 27.9. The predicted octanol–water partition coefficient (Wildman–Crippen LogP) is -5.12. The Balaban J connectivity index is 3.21. The summed E-state index contributed by atoms with van der Waals surface area (Å²) in [5.74, 6) is -16.3. The van der Waals surface area contributed by atoms with E-state index in [9.17, 15) is 82.8 Å². The van der Waals surface area contributed by atoms with Crippen molar-refractivity contribution in [3.8, 4) is 0 Å². The van der Waals surface area contributed by atoms with Crippen molar-refractivity contribution in [3.63, 3.8) is 0 Å². The Morgan fingerprint density at radius 2 is 1.07 bits per heavy atom. The lowest BCUT2D eigenvalue weighted by Gasteiger charge is -2.28. The molecule has 11 atom stereocenters. The standard InChI is InChI=1S/C45H69N11O17S/c1-7-21(4)35(56-38(65)25(46)13-14-30(47)58)43(70)51-26(15-24-11-9-8-10-12-24)41(68)50-27(16-32(60)61)39(66)48-18-31(59)54-36(23(6)57)44(71)52-28(17-33(62)63)40(67)49-22(5)37(64)53-29(19-74)42(69)55-34(20(2)3)45(72)73/h8-12,20-23,25-29,34-36,57,74H,7,13-19,46H2,1-6H3,(H2,47,58)(H,48,66)(H,49,67)(H,50,68)(H,51,70)(H,52,71)(H,53,64)(H,54,59)(H,55,69)(H,56,65)(H,60,61)(H,62,63)(H,72,73)/t21-,22-,23+,25-,26-,27-,28-,29-,34-,35-,36-/m0/s1. The third-order valence-electron chi connectivity index (χ3n) is 11.1. The molecule has 28 nitrogen and oxygen atoms in total. The Bertz CT molecular complexity index is 2180. The van der Waals surface area contributed by atoms with E-state index in [1.54, 1.807) is 44.2 Å². The van der Waals surface area contributed by atoms with Gasteiger partial charge < -0.3 is 79.7 Å². The van der Waals surface area contributed by atoms with Crippen LogP contribution in [0, 0.1) is 11.8 Å². The van der Waals surface area contributed by atoms with Crippen molar-refractivity contribution in [2.24, 2.45) is 23.3 Å². The van der Waals surface area contributed by atoms with Gasteiger partial charge in [0.25, 0.3) is 0 Å². The number of rotatable bonds is 33. The minimum Gasteiger partial charge on any atom is -0.481 e. The predicted molar refractivity (Wildman–Crippen MR) is 263 cm³/mol. The molecular formula is C45H69N11O17S. The van der Waals surface area contributed by atoms with E-state index in [1.807, 2.05) is 0 Å². The summed E-state index contributed by atoms with van der Waals surface area (Å²) >= 11 is 4.02. The number of carbonyl (C=O) groups excluding carboxylic acids is 10. The number of hydrogen-bond acceptors (Lipinski definition) is 16. The highest BCUT2D eigenvalue weighted by molar-refractivity contribution is 7.80. The maximum atomic E-state index is 13.9. The lowest BCUT2D eigenvalue weighted by Crippen LogP contribution is -2.61. The van der Waals surface area contributed by atoms with Crippen molar-refractivity contribution in [2.45, 2.75) is 141 Å². The van der Waals surface area contributed by atoms with Crippen LogP contribution < -0.4 is 59.3 Å². The average molecular weight is 1070 g/mol. The number of aliphatic carboxylic acids is 3. The number of nitrogens with two attached hydrogens (primary N) is 2. The fourth-order valence-electron chi connectivity index (χ4n) is 6.57. The summed E-state index contributed by atoms with van der Waals surface area (Å²) < 4.78 is 0. The molecule has 0 saturated carbocycles. The molecule has 74 heavy (non-hydrogen) atoms. The number of primary amides is 1. The molecule has 0 heterocycles. The average Bonchev–Trinajstić information content (AvgIpc) is 3.32.